The lowest BCUT2D eigenvalue weighted by Crippen LogP contribution is -2.12. The average Bonchev–Trinajstić information content (AvgIpc) is 2.15. The molecule has 2 nitrogen and oxygen atoms in total. The number of benzene rings is 1. The summed E-state index contributed by atoms with van der Waals surface area (Å²) in [6, 6.07) is 5.86. The minimum absolute atomic E-state index is 0.389. The van der Waals surface area contributed by atoms with Crippen molar-refractivity contribution in [1.29, 1.82) is 0 Å². The lowest BCUT2D eigenvalue weighted by molar-refractivity contribution is 0.317. The lowest BCUT2D eigenvalue weighted by atomic mass is 10.1. The van der Waals surface area contributed by atoms with Crippen molar-refractivity contribution in [2.75, 3.05) is 6.61 Å². The Labute approximate surface area is 90.1 Å². The van der Waals surface area contributed by atoms with Gasteiger partial charge < -0.3 is 10.5 Å². The molecule has 0 aliphatic carbocycles. The Bertz CT molecular complexity index is 336. The second-order valence-corrected chi connectivity index (χ2v) is 3.65. The van der Waals surface area contributed by atoms with Crippen LogP contribution < -0.4 is 10.5 Å². The molecule has 3 heteroatoms. The highest BCUT2D eigenvalue weighted by atomic mass is 32.1. The third-order valence-corrected chi connectivity index (χ3v) is 2.08. The summed E-state index contributed by atoms with van der Waals surface area (Å²) in [5, 5.41) is 0. The van der Waals surface area contributed by atoms with E-state index in [4.69, 9.17) is 22.7 Å². The van der Waals surface area contributed by atoms with E-state index in [0.717, 1.165) is 23.3 Å². The molecule has 0 atom stereocenters. The molecule has 76 valence electrons. The molecule has 0 heterocycles. The zero-order valence-corrected chi connectivity index (χ0v) is 9.36. The van der Waals surface area contributed by atoms with Crippen LogP contribution in [0, 0.1) is 6.92 Å². The number of nitrogens with two attached hydrogens (primary N) is 1. The lowest BCUT2D eigenvalue weighted by Gasteiger charge is -2.10. The number of ether oxygens (including phenoxy) is 1. The summed E-state index contributed by atoms with van der Waals surface area (Å²) in [4.78, 5) is 0.389. The Hall–Kier alpha value is -1.09. The highest BCUT2D eigenvalue weighted by Gasteiger charge is 2.05. The molecule has 1 rings (SSSR count). The van der Waals surface area contributed by atoms with Gasteiger partial charge in [-0.05, 0) is 25.5 Å². The van der Waals surface area contributed by atoms with Crippen molar-refractivity contribution in [3.63, 3.8) is 0 Å². The summed E-state index contributed by atoms with van der Waals surface area (Å²) < 4.78 is 5.54. The van der Waals surface area contributed by atoms with Gasteiger partial charge in [-0.15, -0.1) is 0 Å². The van der Waals surface area contributed by atoms with E-state index in [1.807, 2.05) is 25.1 Å². The summed E-state index contributed by atoms with van der Waals surface area (Å²) in [7, 11) is 0. The maximum absolute atomic E-state index is 5.61. The molecule has 0 bridgehead atoms. The molecule has 0 spiro atoms. The van der Waals surface area contributed by atoms with Crippen LogP contribution in [0.15, 0.2) is 18.2 Å². The Morgan fingerprint density at radius 3 is 2.79 bits per heavy atom. The minimum atomic E-state index is 0.389. The van der Waals surface area contributed by atoms with Crippen LogP contribution in [-0.4, -0.2) is 11.6 Å². The zero-order chi connectivity index (χ0) is 10.6. The summed E-state index contributed by atoms with van der Waals surface area (Å²) in [5.41, 5.74) is 7.57. The summed E-state index contributed by atoms with van der Waals surface area (Å²) >= 11 is 4.96. The third-order valence-electron chi connectivity index (χ3n) is 1.86. The number of rotatable bonds is 4. The molecule has 0 unspecified atom stereocenters. The van der Waals surface area contributed by atoms with Crippen molar-refractivity contribution in [3.05, 3.63) is 29.3 Å². The van der Waals surface area contributed by atoms with E-state index in [-0.39, 0.29) is 0 Å². The van der Waals surface area contributed by atoms with Gasteiger partial charge in [0.1, 0.15) is 10.7 Å². The van der Waals surface area contributed by atoms with Crippen LogP contribution in [0.25, 0.3) is 0 Å². The van der Waals surface area contributed by atoms with Gasteiger partial charge in [0, 0.05) is 0 Å². The smallest absolute Gasteiger partial charge is 0.129 e. The van der Waals surface area contributed by atoms with E-state index in [1.165, 1.54) is 0 Å². The van der Waals surface area contributed by atoms with Crippen molar-refractivity contribution in [3.8, 4) is 5.75 Å². The van der Waals surface area contributed by atoms with Crippen LogP contribution in [0.5, 0.6) is 5.75 Å². The second kappa shape index (κ2) is 4.96. The molecule has 0 aliphatic heterocycles. The fourth-order valence-electron chi connectivity index (χ4n) is 1.17. The van der Waals surface area contributed by atoms with Gasteiger partial charge in [0.2, 0.25) is 0 Å². The van der Waals surface area contributed by atoms with Crippen LogP contribution in [0.1, 0.15) is 24.5 Å². The number of hydrogen-bond donors (Lipinski definition) is 1. The third kappa shape index (κ3) is 2.70. The Morgan fingerprint density at radius 1 is 1.50 bits per heavy atom. The van der Waals surface area contributed by atoms with Gasteiger partial charge in [0.25, 0.3) is 0 Å². The molecule has 2 N–H and O–H groups in total. The maximum Gasteiger partial charge on any atom is 0.129 e. The quantitative estimate of drug-likeness (QED) is 0.773. The number of aryl methyl sites for hydroxylation is 1. The summed E-state index contributed by atoms with van der Waals surface area (Å²) in [6.45, 7) is 4.76. The fraction of sp³-hybridized carbons (Fsp3) is 0.364. The van der Waals surface area contributed by atoms with E-state index < -0.39 is 0 Å². The normalized spacial score (nSPS) is 9.86. The van der Waals surface area contributed by atoms with E-state index in [2.05, 4.69) is 6.92 Å². The molecule has 0 aromatic heterocycles. The number of hydrogen-bond acceptors (Lipinski definition) is 2. The molecule has 0 radical (unpaired) electrons. The Kier molecular flexibility index (Phi) is 3.89. The van der Waals surface area contributed by atoms with Crippen molar-refractivity contribution < 1.29 is 4.74 Å². The second-order valence-electron chi connectivity index (χ2n) is 3.21. The first kappa shape index (κ1) is 11.0. The van der Waals surface area contributed by atoms with Crippen molar-refractivity contribution in [2.24, 2.45) is 5.73 Å². The molecule has 14 heavy (non-hydrogen) atoms. The van der Waals surface area contributed by atoms with Gasteiger partial charge >= 0.3 is 0 Å². The van der Waals surface area contributed by atoms with Gasteiger partial charge in [-0.25, -0.2) is 0 Å². The van der Waals surface area contributed by atoms with Crippen molar-refractivity contribution >= 4 is 17.2 Å². The Morgan fingerprint density at radius 2 is 2.21 bits per heavy atom. The molecule has 0 aliphatic rings. The Balaban J connectivity index is 2.96. The highest BCUT2D eigenvalue weighted by Crippen LogP contribution is 2.19. The van der Waals surface area contributed by atoms with Crippen LogP contribution in [0.3, 0.4) is 0 Å². The van der Waals surface area contributed by atoms with Gasteiger partial charge in [-0.1, -0.05) is 30.8 Å². The van der Waals surface area contributed by atoms with Crippen LogP contribution >= 0.6 is 12.2 Å². The van der Waals surface area contributed by atoms with E-state index in [9.17, 15) is 0 Å². The average molecular weight is 209 g/mol. The molecule has 0 saturated carbocycles. The molecule has 1 aromatic rings. The van der Waals surface area contributed by atoms with Crippen LogP contribution in [0.4, 0.5) is 0 Å². The first-order valence-electron chi connectivity index (χ1n) is 4.68. The highest BCUT2D eigenvalue weighted by molar-refractivity contribution is 7.80. The minimum Gasteiger partial charge on any atom is -0.493 e. The van der Waals surface area contributed by atoms with Crippen molar-refractivity contribution in [1.82, 2.24) is 0 Å². The number of thiocarbonyl (C=S) groups is 1. The van der Waals surface area contributed by atoms with Crippen LogP contribution in [0.2, 0.25) is 0 Å². The first-order chi connectivity index (χ1) is 6.65. The molecular weight excluding hydrogens is 194 g/mol. The van der Waals surface area contributed by atoms with Gasteiger partial charge in [-0.2, -0.15) is 0 Å². The summed E-state index contributed by atoms with van der Waals surface area (Å²) in [5.74, 6) is 0.782. The molecule has 0 fully saturated rings. The largest absolute Gasteiger partial charge is 0.493 e. The predicted molar refractivity (Wildman–Crippen MR) is 62.9 cm³/mol. The fourth-order valence-corrected chi connectivity index (χ4v) is 1.33. The predicted octanol–water partition coefficient (Wildman–Crippen LogP) is 2.42. The maximum atomic E-state index is 5.61. The monoisotopic (exact) mass is 209 g/mol. The summed E-state index contributed by atoms with van der Waals surface area (Å²) in [6.07, 6.45) is 0.977. The molecule has 1 aromatic carbocycles. The van der Waals surface area contributed by atoms with Crippen LogP contribution in [-0.2, 0) is 0 Å². The zero-order valence-electron chi connectivity index (χ0n) is 8.54. The van der Waals surface area contributed by atoms with E-state index >= 15 is 0 Å². The molecular formula is C11H15NOS. The van der Waals surface area contributed by atoms with E-state index in [1.54, 1.807) is 0 Å². The van der Waals surface area contributed by atoms with Gasteiger partial charge in [0.05, 0.1) is 12.2 Å². The van der Waals surface area contributed by atoms with Crippen molar-refractivity contribution in [2.45, 2.75) is 20.3 Å². The first-order valence-corrected chi connectivity index (χ1v) is 5.09. The van der Waals surface area contributed by atoms with Gasteiger partial charge in [-0.3, -0.25) is 0 Å². The topological polar surface area (TPSA) is 35.2 Å². The molecule has 0 saturated heterocycles. The SMILES string of the molecule is CCCOc1ccc(C)cc1C(N)=S. The van der Waals surface area contributed by atoms with E-state index in [0.29, 0.717) is 11.6 Å². The standard InChI is InChI=1S/C11H15NOS/c1-3-6-13-10-5-4-8(2)7-9(10)11(12)14/h4-5,7H,3,6H2,1-2H3,(H2,12,14). The molecule has 0 amide bonds. The van der Waals surface area contributed by atoms with Gasteiger partial charge in [0.15, 0.2) is 0 Å².